The van der Waals surface area contributed by atoms with E-state index in [9.17, 15) is 0 Å². The quantitative estimate of drug-likeness (QED) is 0.445. The molecule has 0 aromatic rings. The van der Waals surface area contributed by atoms with Crippen LogP contribution in [0.2, 0.25) is 0 Å². The maximum Gasteiger partial charge on any atom is 3.00 e. The van der Waals surface area contributed by atoms with Crippen LogP contribution in [-0.2, 0) is 0 Å². The van der Waals surface area contributed by atoms with E-state index in [1.54, 1.807) is 0 Å². The molecule has 0 aromatic heterocycles. The van der Waals surface area contributed by atoms with Crippen LogP contribution in [-0.4, -0.2) is 17.4 Å². The summed E-state index contributed by atoms with van der Waals surface area (Å²) >= 11 is 0. The molecule has 0 nitrogen and oxygen atoms in total. The van der Waals surface area contributed by atoms with E-state index in [0.29, 0.717) is 0 Å². The zero-order valence-corrected chi connectivity index (χ0v) is 12.7. The van der Waals surface area contributed by atoms with Crippen molar-refractivity contribution in [3.8, 4) is 0 Å². The summed E-state index contributed by atoms with van der Waals surface area (Å²) in [5.74, 6) is 0. The average Bonchev–Trinajstić information content (AvgIpc) is 0. The van der Waals surface area contributed by atoms with Crippen LogP contribution in [0.4, 0.5) is 0 Å². The Morgan fingerprint density at radius 1 is 0.500 bits per heavy atom. The fourth-order valence-corrected chi connectivity index (χ4v) is 0. The summed E-state index contributed by atoms with van der Waals surface area (Å²) in [6.45, 7) is 0. The Labute approximate surface area is 138 Å². The van der Waals surface area contributed by atoms with Crippen LogP contribution in [0.25, 0.3) is 0 Å². The third-order valence-corrected chi connectivity index (χ3v) is 0. The molecule has 0 fully saturated rings. The molecule has 0 unspecified atom stereocenters. The van der Waals surface area contributed by atoms with Crippen molar-refractivity contribution in [2.45, 2.75) is 0 Å². The zero-order valence-electron chi connectivity index (χ0n) is 2.08. The van der Waals surface area contributed by atoms with Gasteiger partial charge in [-0.1, -0.05) is 0 Å². The van der Waals surface area contributed by atoms with E-state index in [0.717, 1.165) is 0 Å². The van der Waals surface area contributed by atoms with E-state index in [1.807, 2.05) is 0 Å². The van der Waals surface area contributed by atoms with Crippen LogP contribution in [0.15, 0.2) is 0 Å². The van der Waals surface area contributed by atoms with Gasteiger partial charge in [0.1, 0.15) is 0 Å². The number of rotatable bonds is 0. The van der Waals surface area contributed by atoms with Gasteiger partial charge in [-0.25, -0.2) is 0 Å². The minimum Gasteiger partial charge on any atom is 0 e. The molecule has 0 bridgehead atoms. The van der Waals surface area contributed by atoms with Crippen molar-refractivity contribution in [1.29, 1.82) is 0 Å². The van der Waals surface area contributed by atoms with E-state index in [1.165, 1.54) is 0 Å². The van der Waals surface area contributed by atoms with Crippen LogP contribution in [0.1, 0.15) is 0 Å². The van der Waals surface area contributed by atoms with E-state index >= 15 is 0 Å². The Bertz CT molecular complexity index is 3.25. The third kappa shape index (κ3) is 9.83. The second-order valence-electron chi connectivity index (χ2n) is 0. The summed E-state index contributed by atoms with van der Waals surface area (Å²) in [6, 6.07) is 0. The van der Waals surface area contributed by atoms with Crippen molar-refractivity contribution >= 4 is 17.4 Å². The van der Waals surface area contributed by atoms with Gasteiger partial charge in [0.05, 0.1) is 0 Å². The molecule has 0 N–H and O–H groups in total. The van der Waals surface area contributed by atoms with Crippen LogP contribution >= 0.6 is 0 Å². The first-order valence-electron chi connectivity index (χ1n) is 0. The van der Waals surface area contributed by atoms with Gasteiger partial charge < -0.3 is 0 Å². The molecule has 0 atom stereocenters. The largest absolute Gasteiger partial charge is 3.00 e. The van der Waals surface area contributed by atoms with Gasteiger partial charge in [-0.05, 0) is 0 Å². The van der Waals surface area contributed by atoms with Crippen molar-refractivity contribution in [3.63, 3.8) is 0 Å². The molecule has 4 heteroatoms. The van der Waals surface area contributed by atoms with Gasteiger partial charge >= 0.3 is 17.4 Å². The Morgan fingerprint density at radius 2 is 0.500 bits per heavy atom. The molecule has 0 amide bonds. The molecule has 0 saturated heterocycles. The van der Waals surface area contributed by atoms with Gasteiger partial charge in [-0.3, -0.25) is 0 Å². The van der Waals surface area contributed by atoms with Gasteiger partial charge in [-0.2, -0.15) is 0 Å². The number of hydrogen-bond donors (Lipinski definition) is 0. The minimum atomic E-state index is 0. The molecule has 0 aliphatic heterocycles. The van der Waals surface area contributed by atoms with Gasteiger partial charge in [0, 0.05) is 125 Å². The zero-order chi connectivity index (χ0) is 0. The average molecular weight is 447 g/mol. The predicted octanol–water partition coefficient (Wildman–Crippen LogP) is -0.381. The van der Waals surface area contributed by atoms with Gasteiger partial charge in [0.25, 0.3) is 0 Å². The first kappa shape index (κ1) is 23.4. The second-order valence-corrected chi connectivity index (χ2v) is 0. The van der Waals surface area contributed by atoms with Gasteiger partial charge in [0.15, 0.2) is 0 Å². The Kier molecular flexibility index (Phi) is 91.5. The maximum atomic E-state index is 0. The van der Waals surface area contributed by atoms with Crippen molar-refractivity contribution in [2.24, 2.45) is 0 Å². The Balaban J connectivity index is 0. The van der Waals surface area contributed by atoms with Gasteiger partial charge in [-0.15, -0.1) is 0 Å². The smallest absolute Gasteiger partial charge is 0 e. The fraction of sp³-hybridized carbons (Fsp3) is 0. The van der Waals surface area contributed by atoms with E-state index < -0.39 is 0 Å². The molecule has 0 saturated carbocycles. The van der Waals surface area contributed by atoms with Crippen molar-refractivity contribution in [3.05, 3.63) is 0 Å². The summed E-state index contributed by atoms with van der Waals surface area (Å²) in [7, 11) is 0. The van der Waals surface area contributed by atoms with Crippen molar-refractivity contribution in [2.75, 3.05) is 0 Å². The minimum absolute atomic E-state index is 0. The van der Waals surface area contributed by atoms with Crippen LogP contribution < -0.4 is 0 Å². The molecule has 0 rings (SSSR count). The first-order valence-corrected chi connectivity index (χ1v) is 0. The predicted molar refractivity (Wildman–Crippen MR) is 5.75 cm³/mol. The van der Waals surface area contributed by atoms with Crippen molar-refractivity contribution < 1.29 is 125 Å². The third-order valence-electron chi connectivity index (χ3n) is 0. The summed E-state index contributed by atoms with van der Waals surface area (Å²) < 4.78 is 0. The van der Waals surface area contributed by atoms with E-state index in [-0.39, 0.29) is 143 Å². The first-order chi connectivity index (χ1) is 0. The van der Waals surface area contributed by atoms with Crippen LogP contribution in [0, 0.1) is 125 Å². The monoisotopic (exact) mass is 447 g/mol. The molecule has 12 valence electrons. The molecule has 0 aliphatic carbocycles. The molecule has 0 spiro atoms. The topological polar surface area (TPSA) is 0 Å². The van der Waals surface area contributed by atoms with Crippen molar-refractivity contribution in [1.82, 2.24) is 0 Å². The fourth-order valence-electron chi connectivity index (χ4n) is 0. The normalized spacial score (nSPS) is 0. The van der Waals surface area contributed by atoms with Gasteiger partial charge in [0.2, 0.25) is 0 Å². The summed E-state index contributed by atoms with van der Waals surface area (Å²) in [5, 5.41) is 0. The Hall–Kier alpha value is 4.66. The molecule has 4 heavy (non-hydrogen) atoms. The van der Waals surface area contributed by atoms with E-state index in [4.69, 9.17) is 0 Å². The Morgan fingerprint density at radius 3 is 0.500 bits per heavy atom. The summed E-state index contributed by atoms with van der Waals surface area (Å²) in [4.78, 5) is 0. The molecular weight excluding hydrogens is 447 g/mol. The molecular formula is AlCe3+3. The SMILES string of the molecule is [Al+3].[Ce].[Ce].[Ce]. The van der Waals surface area contributed by atoms with Crippen LogP contribution in [0.5, 0.6) is 0 Å². The molecule has 0 radical (unpaired) electrons. The van der Waals surface area contributed by atoms with E-state index in [2.05, 4.69) is 0 Å². The molecule has 0 aromatic carbocycles. The molecule has 0 heterocycles. The maximum absolute atomic E-state index is 0. The summed E-state index contributed by atoms with van der Waals surface area (Å²) in [5.41, 5.74) is 0. The van der Waals surface area contributed by atoms with Crippen LogP contribution in [0.3, 0.4) is 0 Å². The number of hydrogen-bond acceptors (Lipinski definition) is 0. The second kappa shape index (κ2) is 15.6. The summed E-state index contributed by atoms with van der Waals surface area (Å²) in [6.07, 6.45) is 0. The molecule has 0 aliphatic rings. The standard InChI is InChI=1S/Al.3Ce/q+3;;;.